The molecule has 3 heterocycles. The van der Waals surface area contributed by atoms with E-state index in [0.717, 1.165) is 43.0 Å². The summed E-state index contributed by atoms with van der Waals surface area (Å²) in [5.41, 5.74) is 1.28. The summed E-state index contributed by atoms with van der Waals surface area (Å²) < 4.78 is 17.0. The highest BCUT2D eigenvalue weighted by Gasteiger charge is 2.21. The first kappa shape index (κ1) is 19.1. The van der Waals surface area contributed by atoms with Gasteiger partial charge in [0.25, 0.3) is 5.56 Å². The van der Waals surface area contributed by atoms with E-state index in [2.05, 4.69) is 9.88 Å². The minimum Gasteiger partial charge on any atom is -0.341 e. The van der Waals surface area contributed by atoms with Crippen LogP contribution in [-0.4, -0.2) is 32.3 Å². The van der Waals surface area contributed by atoms with Crippen LogP contribution < -0.4 is 10.5 Å². The standard InChI is InChI=1S/C22H21ClFN5O/c23-16-7-10-19-18(13-16)20(30)25-21-28(14-15-5-8-17(24)9-6-15)26-22(29(19)21)27-11-3-1-2-4-12-27/h5-10,13H,1-4,11-12,14H2. The molecule has 0 radical (unpaired) electrons. The van der Waals surface area contributed by atoms with E-state index in [0.29, 0.717) is 22.7 Å². The van der Waals surface area contributed by atoms with Crippen LogP contribution in [0.1, 0.15) is 31.2 Å². The number of rotatable bonds is 3. The fourth-order valence-corrected chi connectivity index (χ4v) is 4.27. The molecule has 0 amide bonds. The molecular formula is C22H21ClFN5O. The van der Waals surface area contributed by atoms with Gasteiger partial charge in [-0.15, -0.1) is 5.10 Å². The number of fused-ring (bicyclic) bond motifs is 3. The van der Waals surface area contributed by atoms with Crippen LogP contribution in [0.4, 0.5) is 10.3 Å². The molecule has 1 fully saturated rings. The van der Waals surface area contributed by atoms with Crippen LogP contribution in [0.15, 0.2) is 47.3 Å². The summed E-state index contributed by atoms with van der Waals surface area (Å²) >= 11 is 6.14. The third kappa shape index (κ3) is 3.43. The highest BCUT2D eigenvalue weighted by Crippen LogP contribution is 2.25. The number of aromatic nitrogens is 4. The number of nitrogens with zero attached hydrogens (tertiary/aromatic N) is 5. The molecule has 6 nitrogen and oxygen atoms in total. The van der Waals surface area contributed by atoms with Gasteiger partial charge in [-0.3, -0.25) is 4.79 Å². The molecule has 30 heavy (non-hydrogen) atoms. The first-order chi connectivity index (χ1) is 14.6. The quantitative estimate of drug-likeness (QED) is 0.492. The highest BCUT2D eigenvalue weighted by atomic mass is 35.5. The van der Waals surface area contributed by atoms with Gasteiger partial charge < -0.3 is 4.90 Å². The van der Waals surface area contributed by atoms with Gasteiger partial charge in [0.05, 0.1) is 17.4 Å². The fraction of sp³-hybridized carbons (Fsp3) is 0.318. The average molecular weight is 426 g/mol. The van der Waals surface area contributed by atoms with Crippen LogP contribution in [0.3, 0.4) is 0 Å². The summed E-state index contributed by atoms with van der Waals surface area (Å²) in [7, 11) is 0. The number of benzene rings is 2. The maximum absolute atomic E-state index is 13.3. The molecule has 5 rings (SSSR count). The highest BCUT2D eigenvalue weighted by molar-refractivity contribution is 6.31. The van der Waals surface area contributed by atoms with Crippen molar-refractivity contribution in [2.45, 2.75) is 32.2 Å². The second kappa shape index (κ2) is 7.72. The van der Waals surface area contributed by atoms with E-state index in [-0.39, 0.29) is 11.4 Å². The molecule has 0 bridgehead atoms. The normalized spacial score (nSPS) is 15.1. The largest absolute Gasteiger partial charge is 0.341 e. The summed E-state index contributed by atoms with van der Waals surface area (Å²) in [6, 6.07) is 11.6. The molecule has 2 aromatic heterocycles. The van der Waals surface area contributed by atoms with Gasteiger partial charge in [-0.2, -0.15) is 4.98 Å². The van der Waals surface area contributed by atoms with E-state index in [9.17, 15) is 9.18 Å². The van der Waals surface area contributed by atoms with E-state index >= 15 is 0 Å². The van der Waals surface area contributed by atoms with Crippen LogP contribution in [0.25, 0.3) is 16.7 Å². The molecule has 1 saturated heterocycles. The van der Waals surface area contributed by atoms with E-state index in [1.54, 1.807) is 28.9 Å². The van der Waals surface area contributed by atoms with Crippen LogP contribution in [-0.2, 0) is 6.54 Å². The lowest BCUT2D eigenvalue weighted by Gasteiger charge is -2.20. The Balaban J connectivity index is 1.74. The zero-order valence-corrected chi connectivity index (χ0v) is 17.1. The molecule has 154 valence electrons. The first-order valence-corrected chi connectivity index (χ1v) is 10.6. The van der Waals surface area contributed by atoms with Gasteiger partial charge in [0, 0.05) is 18.1 Å². The third-order valence-electron chi connectivity index (χ3n) is 5.61. The molecular weight excluding hydrogens is 405 g/mol. The van der Waals surface area contributed by atoms with Crippen molar-refractivity contribution in [3.05, 3.63) is 69.2 Å². The van der Waals surface area contributed by atoms with Crippen molar-refractivity contribution in [1.29, 1.82) is 0 Å². The number of hydrogen-bond acceptors (Lipinski definition) is 4. The van der Waals surface area contributed by atoms with Gasteiger partial charge in [0.1, 0.15) is 5.82 Å². The zero-order valence-electron chi connectivity index (χ0n) is 16.4. The minimum atomic E-state index is -0.338. The Labute approximate surface area is 177 Å². The van der Waals surface area contributed by atoms with Gasteiger partial charge in [0.2, 0.25) is 11.7 Å². The van der Waals surface area contributed by atoms with E-state index < -0.39 is 0 Å². The minimum absolute atomic E-state index is 0.286. The van der Waals surface area contributed by atoms with Crippen molar-refractivity contribution in [3.63, 3.8) is 0 Å². The van der Waals surface area contributed by atoms with Gasteiger partial charge in [-0.05, 0) is 48.7 Å². The topological polar surface area (TPSA) is 55.4 Å². The number of halogens is 2. The Morgan fingerprint density at radius 1 is 1.00 bits per heavy atom. The molecule has 1 aliphatic rings. The lowest BCUT2D eigenvalue weighted by molar-refractivity contribution is 0.625. The van der Waals surface area contributed by atoms with Gasteiger partial charge in [-0.1, -0.05) is 36.6 Å². The molecule has 4 aromatic rings. The molecule has 8 heteroatoms. The number of hydrogen-bond donors (Lipinski definition) is 0. The van der Waals surface area contributed by atoms with Crippen molar-refractivity contribution in [1.82, 2.24) is 19.2 Å². The summed E-state index contributed by atoms with van der Waals surface area (Å²) in [5, 5.41) is 5.83. The molecule has 0 spiro atoms. The van der Waals surface area contributed by atoms with Gasteiger partial charge >= 0.3 is 0 Å². The maximum Gasteiger partial charge on any atom is 0.282 e. The SMILES string of the molecule is O=c1nc2n(Cc3ccc(F)cc3)nc(N3CCCCCC3)n2c2ccc(Cl)cc12. The van der Waals surface area contributed by atoms with Crippen molar-refractivity contribution < 1.29 is 4.39 Å². The molecule has 2 aromatic carbocycles. The summed E-state index contributed by atoms with van der Waals surface area (Å²) in [4.78, 5) is 19.4. The Hall–Kier alpha value is -2.93. The second-order valence-corrected chi connectivity index (χ2v) is 8.14. The van der Waals surface area contributed by atoms with Crippen molar-refractivity contribution >= 4 is 34.2 Å². The molecule has 0 unspecified atom stereocenters. The fourth-order valence-electron chi connectivity index (χ4n) is 4.10. The molecule has 0 saturated carbocycles. The zero-order chi connectivity index (χ0) is 20.7. The lowest BCUT2D eigenvalue weighted by atomic mass is 10.2. The monoisotopic (exact) mass is 425 g/mol. The van der Waals surface area contributed by atoms with E-state index in [1.807, 2.05) is 10.5 Å². The van der Waals surface area contributed by atoms with E-state index in [4.69, 9.17) is 16.7 Å². The van der Waals surface area contributed by atoms with Crippen molar-refractivity contribution in [2.75, 3.05) is 18.0 Å². The second-order valence-electron chi connectivity index (χ2n) is 7.70. The Bertz CT molecular complexity index is 1270. The van der Waals surface area contributed by atoms with Crippen LogP contribution in [0, 0.1) is 5.82 Å². The van der Waals surface area contributed by atoms with Crippen LogP contribution in [0.5, 0.6) is 0 Å². The number of anilines is 1. The summed E-state index contributed by atoms with van der Waals surface area (Å²) in [6.45, 7) is 2.21. The van der Waals surface area contributed by atoms with Crippen molar-refractivity contribution in [2.24, 2.45) is 0 Å². The van der Waals surface area contributed by atoms with E-state index in [1.165, 1.54) is 25.0 Å². The Morgan fingerprint density at radius 3 is 2.47 bits per heavy atom. The predicted molar refractivity (Wildman–Crippen MR) is 116 cm³/mol. The molecule has 1 aliphatic heterocycles. The molecule has 0 N–H and O–H groups in total. The summed E-state index contributed by atoms with van der Waals surface area (Å²) in [5.74, 6) is 0.957. The predicted octanol–water partition coefficient (Wildman–Crippen LogP) is 4.27. The Kier molecular flexibility index (Phi) is 4.90. The van der Waals surface area contributed by atoms with Crippen LogP contribution in [0.2, 0.25) is 5.02 Å². The molecule has 0 atom stereocenters. The summed E-state index contributed by atoms with van der Waals surface area (Å²) in [6.07, 6.45) is 4.61. The van der Waals surface area contributed by atoms with Crippen LogP contribution >= 0.6 is 11.6 Å². The maximum atomic E-state index is 13.3. The van der Waals surface area contributed by atoms with Gasteiger partial charge in [0.15, 0.2) is 0 Å². The average Bonchev–Trinajstić information content (AvgIpc) is 2.91. The Morgan fingerprint density at radius 2 is 1.73 bits per heavy atom. The van der Waals surface area contributed by atoms with Crippen molar-refractivity contribution in [3.8, 4) is 0 Å². The molecule has 0 aliphatic carbocycles. The third-order valence-corrected chi connectivity index (χ3v) is 5.84. The first-order valence-electron chi connectivity index (χ1n) is 10.2. The van der Waals surface area contributed by atoms with Gasteiger partial charge in [-0.25, -0.2) is 13.5 Å². The lowest BCUT2D eigenvalue weighted by Crippen LogP contribution is -2.26. The smallest absolute Gasteiger partial charge is 0.282 e.